The maximum Gasteiger partial charge on any atom is 0.309 e. The lowest BCUT2D eigenvalue weighted by Gasteiger charge is -2.33. The SMILES string of the molecule is CCNC(=NCC(C)CN1CCCC1)N1CCC(C(=O)OCC)CC1. The van der Waals surface area contributed by atoms with E-state index in [9.17, 15) is 4.79 Å². The van der Waals surface area contributed by atoms with E-state index in [2.05, 4.69) is 29.0 Å². The van der Waals surface area contributed by atoms with Gasteiger partial charge in [-0.2, -0.15) is 0 Å². The van der Waals surface area contributed by atoms with Gasteiger partial charge in [-0.1, -0.05) is 6.92 Å². The number of guanidine groups is 1. The number of carbonyl (C=O) groups is 1. The van der Waals surface area contributed by atoms with Gasteiger partial charge in [0, 0.05) is 32.7 Å². The van der Waals surface area contributed by atoms with Crippen molar-refractivity contribution < 1.29 is 9.53 Å². The van der Waals surface area contributed by atoms with Crippen molar-refractivity contribution in [3.63, 3.8) is 0 Å². The summed E-state index contributed by atoms with van der Waals surface area (Å²) in [6, 6.07) is 0. The van der Waals surface area contributed by atoms with Gasteiger partial charge in [-0.3, -0.25) is 9.79 Å². The number of rotatable bonds is 7. The lowest BCUT2D eigenvalue weighted by atomic mass is 9.97. The Morgan fingerprint density at radius 1 is 1.20 bits per heavy atom. The van der Waals surface area contributed by atoms with Crippen LogP contribution in [0.15, 0.2) is 4.99 Å². The Kier molecular flexibility index (Phi) is 8.52. The smallest absolute Gasteiger partial charge is 0.309 e. The Morgan fingerprint density at radius 3 is 2.48 bits per heavy atom. The van der Waals surface area contributed by atoms with E-state index in [1.54, 1.807) is 0 Å². The summed E-state index contributed by atoms with van der Waals surface area (Å²) in [7, 11) is 0. The van der Waals surface area contributed by atoms with Gasteiger partial charge in [0.25, 0.3) is 0 Å². The summed E-state index contributed by atoms with van der Waals surface area (Å²) in [5, 5.41) is 3.42. The topological polar surface area (TPSA) is 57.2 Å². The average Bonchev–Trinajstić information content (AvgIpc) is 3.12. The van der Waals surface area contributed by atoms with Crippen LogP contribution in [0.4, 0.5) is 0 Å². The van der Waals surface area contributed by atoms with Crippen molar-refractivity contribution in [3.05, 3.63) is 0 Å². The molecule has 2 rings (SSSR count). The van der Waals surface area contributed by atoms with Crippen LogP contribution in [-0.2, 0) is 9.53 Å². The molecule has 2 aliphatic heterocycles. The summed E-state index contributed by atoms with van der Waals surface area (Å²) >= 11 is 0. The zero-order valence-electron chi connectivity index (χ0n) is 16.3. The van der Waals surface area contributed by atoms with E-state index >= 15 is 0 Å². The van der Waals surface area contributed by atoms with E-state index in [-0.39, 0.29) is 11.9 Å². The van der Waals surface area contributed by atoms with Gasteiger partial charge in [0.1, 0.15) is 0 Å². The quantitative estimate of drug-likeness (QED) is 0.431. The molecule has 0 amide bonds. The second kappa shape index (κ2) is 10.6. The minimum absolute atomic E-state index is 0.0386. The van der Waals surface area contributed by atoms with E-state index in [4.69, 9.17) is 9.73 Å². The third-order valence-electron chi connectivity index (χ3n) is 5.07. The van der Waals surface area contributed by atoms with Crippen LogP contribution in [-0.4, -0.2) is 74.1 Å². The predicted octanol–water partition coefficient (Wildman–Crippen LogP) is 1.96. The van der Waals surface area contributed by atoms with Crippen molar-refractivity contribution in [2.24, 2.45) is 16.8 Å². The molecule has 0 aromatic carbocycles. The minimum atomic E-state index is -0.0386. The van der Waals surface area contributed by atoms with Crippen LogP contribution in [0.5, 0.6) is 0 Å². The van der Waals surface area contributed by atoms with Gasteiger partial charge in [-0.15, -0.1) is 0 Å². The second-order valence-electron chi connectivity index (χ2n) is 7.32. The van der Waals surface area contributed by atoms with Gasteiger partial charge < -0.3 is 19.9 Å². The number of nitrogens with one attached hydrogen (secondary N) is 1. The van der Waals surface area contributed by atoms with Crippen LogP contribution in [0.25, 0.3) is 0 Å². The molecular weight excluding hydrogens is 316 g/mol. The van der Waals surface area contributed by atoms with E-state index in [1.165, 1.54) is 25.9 Å². The Labute approximate surface area is 153 Å². The molecule has 2 heterocycles. The Bertz CT molecular complexity index is 427. The standard InChI is InChI=1S/C19H36N4O2/c1-4-20-19(21-14-16(3)15-22-10-6-7-11-22)23-12-8-17(9-13-23)18(24)25-5-2/h16-17H,4-15H2,1-3H3,(H,20,21). The molecule has 6 heteroatoms. The number of carbonyl (C=O) groups excluding carboxylic acids is 1. The molecule has 2 fully saturated rings. The number of aliphatic imine (C=N–C) groups is 1. The molecule has 0 aromatic heterocycles. The predicted molar refractivity (Wildman–Crippen MR) is 102 cm³/mol. The number of likely N-dealkylation sites (tertiary alicyclic amines) is 2. The first-order valence-electron chi connectivity index (χ1n) is 10.1. The molecule has 0 spiro atoms. The highest BCUT2D eigenvalue weighted by molar-refractivity contribution is 5.80. The first-order valence-corrected chi connectivity index (χ1v) is 10.1. The highest BCUT2D eigenvalue weighted by Crippen LogP contribution is 2.19. The van der Waals surface area contributed by atoms with Gasteiger partial charge in [0.2, 0.25) is 0 Å². The molecule has 25 heavy (non-hydrogen) atoms. The summed E-state index contributed by atoms with van der Waals surface area (Å²) in [5.74, 6) is 1.58. The highest BCUT2D eigenvalue weighted by Gasteiger charge is 2.27. The van der Waals surface area contributed by atoms with Crippen LogP contribution < -0.4 is 5.32 Å². The average molecular weight is 353 g/mol. The molecule has 1 N–H and O–H groups in total. The Morgan fingerprint density at radius 2 is 1.88 bits per heavy atom. The fourth-order valence-corrected chi connectivity index (χ4v) is 3.72. The van der Waals surface area contributed by atoms with Crippen molar-refractivity contribution in [1.29, 1.82) is 0 Å². The van der Waals surface area contributed by atoms with E-state index in [0.29, 0.717) is 12.5 Å². The van der Waals surface area contributed by atoms with Gasteiger partial charge in [0.05, 0.1) is 12.5 Å². The molecule has 0 radical (unpaired) electrons. The molecule has 144 valence electrons. The monoisotopic (exact) mass is 352 g/mol. The molecule has 1 unspecified atom stereocenters. The zero-order chi connectivity index (χ0) is 18.1. The molecule has 1 atom stereocenters. The highest BCUT2D eigenvalue weighted by atomic mass is 16.5. The maximum atomic E-state index is 11.9. The van der Waals surface area contributed by atoms with E-state index in [1.807, 2.05) is 6.92 Å². The summed E-state index contributed by atoms with van der Waals surface area (Å²) in [5.41, 5.74) is 0. The number of piperidine rings is 1. The van der Waals surface area contributed by atoms with Crippen LogP contribution in [0.3, 0.4) is 0 Å². The Hall–Kier alpha value is -1.30. The zero-order valence-corrected chi connectivity index (χ0v) is 16.3. The number of hydrogen-bond acceptors (Lipinski definition) is 4. The minimum Gasteiger partial charge on any atom is -0.466 e. The van der Waals surface area contributed by atoms with Crippen LogP contribution >= 0.6 is 0 Å². The van der Waals surface area contributed by atoms with Gasteiger partial charge in [0.15, 0.2) is 5.96 Å². The summed E-state index contributed by atoms with van der Waals surface area (Å²) < 4.78 is 5.16. The molecule has 2 aliphatic rings. The van der Waals surface area contributed by atoms with Crippen LogP contribution in [0.1, 0.15) is 46.5 Å². The normalized spacial score (nSPS) is 21.4. The summed E-state index contributed by atoms with van der Waals surface area (Å²) in [6.07, 6.45) is 4.39. The summed E-state index contributed by atoms with van der Waals surface area (Å²) in [6.45, 7) is 13.8. The van der Waals surface area contributed by atoms with Crippen molar-refractivity contribution in [1.82, 2.24) is 15.1 Å². The largest absolute Gasteiger partial charge is 0.466 e. The first kappa shape index (κ1) is 20.0. The van der Waals surface area contributed by atoms with E-state index in [0.717, 1.165) is 51.5 Å². The number of esters is 1. The van der Waals surface area contributed by atoms with Crippen molar-refractivity contribution in [3.8, 4) is 0 Å². The van der Waals surface area contributed by atoms with Gasteiger partial charge >= 0.3 is 5.97 Å². The Balaban J connectivity index is 1.81. The molecule has 2 saturated heterocycles. The third kappa shape index (κ3) is 6.49. The number of hydrogen-bond donors (Lipinski definition) is 1. The van der Waals surface area contributed by atoms with Crippen molar-refractivity contribution in [2.45, 2.75) is 46.5 Å². The molecule has 6 nitrogen and oxygen atoms in total. The van der Waals surface area contributed by atoms with Crippen molar-refractivity contribution in [2.75, 3.05) is 52.4 Å². The molecular formula is C19H36N4O2. The number of nitrogens with zero attached hydrogens (tertiary/aromatic N) is 3. The fraction of sp³-hybridized carbons (Fsp3) is 0.895. The lowest BCUT2D eigenvalue weighted by Crippen LogP contribution is -2.47. The van der Waals surface area contributed by atoms with E-state index < -0.39 is 0 Å². The molecule has 0 bridgehead atoms. The maximum absolute atomic E-state index is 11.9. The van der Waals surface area contributed by atoms with Crippen LogP contribution in [0.2, 0.25) is 0 Å². The van der Waals surface area contributed by atoms with Crippen LogP contribution in [0, 0.1) is 11.8 Å². The lowest BCUT2D eigenvalue weighted by molar-refractivity contribution is -0.149. The first-order chi connectivity index (χ1) is 12.1. The summed E-state index contributed by atoms with van der Waals surface area (Å²) in [4.78, 5) is 21.6. The third-order valence-corrected chi connectivity index (χ3v) is 5.07. The van der Waals surface area contributed by atoms with Crippen molar-refractivity contribution >= 4 is 11.9 Å². The molecule has 0 aromatic rings. The second-order valence-corrected chi connectivity index (χ2v) is 7.32. The molecule has 0 saturated carbocycles. The fourth-order valence-electron chi connectivity index (χ4n) is 3.72. The van der Waals surface area contributed by atoms with Gasteiger partial charge in [-0.25, -0.2) is 0 Å². The number of ether oxygens (including phenoxy) is 1. The molecule has 0 aliphatic carbocycles. The van der Waals surface area contributed by atoms with Gasteiger partial charge in [-0.05, 0) is 58.5 Å².